The number of rotatable bonds is 5. The molecule has 0 saturated carbocycles. The first-order valence-electron chi connectivity index (χ1n) is 9.76. The van der Waals surface area contributed by atoms with E-state index in [0.717, 1.165) is 18.2 Å². The average Bonchev–Trinajstić information content (AvgIpc) is 2.73. The maximum absolute atomic E-state index is 13.3. The van der Waals surface area contributed by atoms with E-state index in [1.54, 1.807) is 0 Å². The van der Waals surface area contributed by atoms with Gasteiger partial charge in [-0.15, -0.1) is 0 Å². The van der Waals surface area contributed by atoms with E-state index in [9.17, 15) is 31.1 Å². The summed E-state index contributed by atoms with van der Waals surface area (Å²) in [6, 6.07) is 6.88. The highest BCUT2D eigenvalue weighted by Gasteiger charge is 2.37. The lowest BCUT2D eigenvalue weighted by atomic mass is 9.96. The van der Waals surface area contributed by atoms with Crippen LogP contribution >= 0.6 is 0 Å². The molecule has 1 aliphatic rings. The molecule has 0 spiro atoms. The molecule has 1 aromatic carbocycles. The second-order valence-corrected chi connectivity index (χ2v) is 7.39. The fraction of sp³-hybridized carbons (Fsp3) is 0.429. The first kappa shape index (κ1) is 22.9. The minimum atomic E-state index is -4.54. The Morgan fingerprint density at radius 2 is 1.77 bits per heavy atom. The highest BCUT2D eigenvalue weighted by atomic mass is 19.4. The van der Waals surface area contributed by atoms with E-state index in [1.165, 1.54) is 29.3 Å². The van der Waals surface area contributed by atoms with Crippen molar-refractivity contribution in [2.75, 3.05) is 24.5 Å². The van der Waals surface area contributed by atoms with Gasteiger partial charge < -0.3 is 10.2 Å². The number of pyridine rings is 1. The number of halogens is 6. The first-order chi connectivity index (χ1) is 14.6. The molecule has 2 heterocycles. The van der Waals surface area contributed by atoms with Crippen LogP contribution in [0.1, 0.15) is 29.5 Å². The van der Waals surface area contributed by atoms with E-state index >= 15 is 0 Å². The standard InChI is InChI=1S/C21H21F6N3O/c22-20(23,24)16-7-5-14(6-8-16)9-11-29-19(31)15-3-2-12-30(13-15)18-17(21(25,26)27)4-1-10-28-18/h1,4-8,10,15H,2-3,9,11-13H2,(H,29,31). The third-order valence-electron chi connectivity index (χ3n) is 5.18. The number of benzene rings is 1. The second kappa shape index (κ2) is 9.15. The summed E-state index contributed by atoms with van der Waals surface area (Å²) in [7, 11) is 0. The fourth-order valence-corrected chi connectivity index (χ4v) is 3.59. The lowest BCUT2D eigenvalue weighted by Crippen LogP contribution is -2.44. The molecule has 1 fully saturated rings. The van der Waals surface area contributed by atoms with Gasteiger partial charge in [-0.2, -0.15) is 26.3 Å². The lowest BCUT2D eigenvalue weighted by molar-refractivity contribution is -0.138. The maximum Gasteiger partial charge on any atom is 0.419 e. The topological polar surface area (TPSA) is 45.2 Å². The van der Waals surface area contributed by atoms with E-state index in [-0.39, 0.29) is 24.8 Å². The molecule has 3 rings (SSSR count). The Morgan fingerprint density at radius 1 is 1.06 bits per heavy atom. The summed E-state index contributed by atoms with van der Waals surface area (Å²) in [5.74, 6) is -0.970. The smallest absolute Gasteiger partial charge is 0.355 e. The van der Waals surface area contributed by atoms with Crippen molar-refractivity contribution in [3.05, 3.63) is 59.3 Å². The number of amides is 1. The van der Waals surface area contributed by atoms with Crippen LogP contribution in [0.4, 0.5) is 32.2 Å². The van der Waals surface area contributed by atoms with Gasteiger partial charge in [0.2, 0.25) is 5.91 Å². The van der Waals surface area contributed by atoms with E-state index < -0.39 is 29.4 Å². The third-order valence-corrected chi connectivity index (χ3v) is 5.18. The molecular weight excluding hydrogens is 424 g/mol. The Kier molecular flexibility index (Phi) is 6.76. The maximum atomic E-state index is 13.3. The van der Waals surface area contributed by atoms with Gasteiger partial charge in [0.25, 0.3) is 0 Å². The van der Waals surface area contributed by atoms with Gasteiger partial charge in [0.1, 0.15) is 5.82 Å². The van der Waals surface area contributed by atoms with Crippen molar-refractivity contribution in [3.63, 3.8) is 0 Å². The van der Waals surface area contributed by atoms with Gasteiger partial charge in [0.05, 0.1) is 17.0 Å². The minimum Gasteiger partial charge on any atom is -0.355 e. The Hall–Kier alpha value is -2.78. The van der Waals surface area contributed by atoms with Crippen molar-refractivity contribution in [1.29, 1.82) is 0 Å². The van der Waals surface area contributed by atoms with Crippen LogP contribution < -0.4 is 10.2 Å². The van der Waals surface area contributed by atoms with Crippen LogP contribution in [-0.4, -0.2) is 30.5 Å². The number of carbonyl (C=O) groups excluding carboxylic acids is 1. The largest absolute Gasteiger partial charge is 0.419 e. The summed E-state index contributed by atoms with van der Waals surface area (Å²) in [5.41, 5.74) is -0.935. The van der Waals surface area contributed by atoms with Crippen molar-refractivity contribution in [3.8, 4) is 0 Å². The quantitative estimate of drug-likeness (QED) is 0.679. The number of hydrogen-bond donors (Lipinski definition) is 1. The zero-order valence-electron chi connectivity index (χ0n) is 16.4. The molecule has 1 saturated heterocycles. The number of carbonyl (C=O) groups is 1. The molecule has 2 aromatic rings. The average molecular weight is 445 g/mol. The molecule has 4 nitrogen and oxygen atoms in total. The van der Waals surface area contributed by atoms with E-state index in [0.29, 0.717) is 31.4 Å². The van der Waals surface area contributed by atoms with Crippen LogP contribution in [0.3, 0.4) is 0 Å². The van der Waals surface area contributed by atoms with Gasteiger partial charge in [0, 0.05) is 25.8 Å². The number of alkyl halides is 6. The zero-order valence-corrected chi connectivity index (χ0v) is 16.4. The van der Waals surface area contributed by atoms with Crippen molar-refractivity contribution >= 4 is 11.7 Å². The molecule has 1 aromatic heterocycles. The number of nitrogens with one attached hydrogen (secondary N) is 1. The molecule has 10 heteroatoms. The molecule has 1 N–H and O–H groups in total. The normalized spacial score (nSPS) is 17.5. The molecule has 0 radical (unpaired) electrons. The predicted octanol–water partition coefficient (Wildman–Crippen LogP) is 4.69. The summed E-state index contributed by atoms with van der Waals surface area (Å²) in [6.07, 6.45) is -6.22. The summed E-state index contributed by atoms with van der Waals surface area (Å²) in [5, 5.41) is 2.73. The molecule has 168 valence electrons. The molecular formula is C21H21F6N3O. The van der Waals surface area contributed by atoms with E-state index in [2.05, 4.69) is 10.3 Å². The zero-order chi connectivity index (χ0) is 22.6. The van der Waals surface area contributed by atoms with Crippen LogP contribution in [0.2, 0.25) is 0 Å². The summed E-state index contributed by atoms with van der Waals surface area (Å²) in [6.45, 7) is 0.708. The Morgan fingerprint density at radius 3 is 2.42 bits per heavy atom. The third kappa shape index (κ3) is 5.89. The first-order valence-corrected chi connectivity index (χ1v) is 9.76. The van der Waals surface area contributed by atoms with E-state index in [1.807, 2.05) is 0 Å². The lowest BCUT2D eigenvalue weighted by Gasteiger charge is -2.34. The van der Waals surface area contributed by atoms with Gasteiger partial charge in [-0.1, -0.05) is 12.1 Å². The van der Waals surface area contributed by atoms with Crippen LogP contribution in [0, 0.1) is 5.92 Å². The van der Waals surface area contributed by atoms with Crippen LogP contribution in [0.25, 0.3) is 0 Å². The number of aromatic nitrogens is 1. The Labute approximate surface area is 175 Å². The number of hydrogen-bond acceptors (Lipinski definition) is 3. The summed E-state index contributed by atoms with van der Waals surface area (Å²) in [4.78, 5) is 17.9. The van der Waals surface area contributed by atoms with Crippen molar-refractivity contribution in [2.45, 2.75) is 31.6 Å². The molecule has 31 heavy (non-hydrogen) atoms. The monoisotopic (exact) mass is 445 g/mol. The van der Waals surface area contributed by atoms with E-state index in [4.69, 9.17) is 0 Å². The van der Waals surface area contributed by atoms with Crippen LogP contribution in [0.5, 0.6) is 0 Å². The second-order valence-electron chi connectivity index (χ2n) is 7.39. The van der Waals surface area contributed by atoms with Crippen LogP contribution in [-0.2, 0) is 23.6 Å². The van der Waals surface area contributed by atoms with Crippen molar-refractivity contribution in [1.82, 2.24) is 10.3 Å². The van der Waals surface area contributed by atoms with Gasteiger partial charge in [-0.05, 0) is 49.1 Å². The van der Waals surface area contributed by atoms with Crippen molar-refractivity contribution < 1.29 is 31.1 Å². The number of anilines is 1. The molecule has 1 aliphatic heterocycles. The van der Waals surface area contributed by atoms with Crippen LogP contribution in [0.15, 0.2) is 42.6 Å². The van der Waals surface area contributed by atoms with Gasteiger partial charge in [-0.25, -0.2) is 4.98 Å². The Balaban J connectivity index is 1.56. The SMILES string of the molecule is O=C(NCCc1ccc(C(F)(F)F)cc1)C1CCCN(c2ncccc2C(F)(F)F)C1. The predicted molar refractivity (Wildman–Crippen MR) is 102 cm³/mol. The molecule has 0 aliphatic carbocycles. The summed E-state index contributed by atoms with van der Waals surface area (Å²) < 4.78 is 77.6. The molecule has 0 bridgehead atoms. The van der Waals surface area contributed by atoms with Gasteiger partial charge in [0.15, 0.2) is 0 Å². The highest BCUT2D eigenvalue weighted by Crippen LogP contribution is 2.36. The highest BCUT2D eigenvalue weighted by molar-refractivity contribution is 5.79. The molecule has 1 atom stereocenters. The summed E-state index contributed by atoms with van der Waals surface area (Å²) >= 11 is 0. The number of nitrogens with zero attached hydrogens (tertiary/aromatic N) is 2. The molecule has 1 amide bonds. The van der Waals surface area contributed by atoms with Gasteiger partial charge >= 0.3 is 12.4 Å². The van der Waals surface area contributed by atoms with Gasteiger partial charge in [-0.3, -0.25) is 4.79 Å². The number of piperidine rings is 1. The fourth-order valence-electron chi connectivity index (χ4n) is 3.59. The minimum absolute atomic E-state index is 0.117. The molecule has 1 unspecified atom stereocenters. The van der Waals surface area contributed by atoms with Crippen molar-refractivity contribution in [2.24, 2.45) is 5.92 Å². The Bertz CT molecular complexity index is 895.